The lowest BCUT2D eigenvalue weighted by Gasteiger charge is -2.06. The van der Waals surface area contributed by atoms with Crippen LogP contribution < -0.4 is 10.4 Å². The third-order valence-electron chi connectivity index (χ3n) is 4.14. The van der Waals surface area contributed by atoms with E-state index in [1.807, 2.05) is 30.3 Å². The summed E-state index contributed by atoms with van der Waals surface area (Å²) in [6, 6.07) is 16.8. The fourth-order valence-electron chi connectivity index (χ4n) is 2.77. The average molecular weight is 367 g/mol. The zero-order valence-corrected chi connectivity index (χ0v) is 14.7. The SMILES string of the molecule is COc1ccc(-n2ncn(Cc3cc4ccccc4nc3Cl)c2=O)cc1. The summed E-state index contributed by atoms with van der Waals surface area (Å²) in [4.78, 5) is 17.1. The van der Waals surface area contributed by atoms with Gasteiger partial charge in [0.1, 0.15) is 17.2 Å². The van der Waals surface area contributed by atoms with Gasteiger partial charge in [-0.2, -0.15) is 9.78 Å². The minimum Gasteiger partial charge on any atom is -0.497 e. The van der Waals surface area contributed by atoms with Crippen molar-refractivity contribution in [3.05, 3.63) is 82.1 Å². The molecule has 0 radical (unpaired) electrons. The molecule has 0 spiro atoms. The molecule has 26 heavy (non-hydrogen) atoms. The van der Waals surface area contributed by atoms with E-state index in [0.717, 1.165) is 22.2 Å². The number of aromatic nitrogens is 4. The second-order valence-corrected chi connectivity index (χ2v) is 6.14. The molecule has 0 saturated carbocycles. The summed E-state index contributed by atoms with van der Waals surface area (Å²) in [6.45, 7) is 0.297. The predicted octanol–water partition coefficient (Wildman–Crippen LogP) is 3.29. The van der Waals surface area contributed by atoms with Crippen molar-refractivity contribution in [1.29, 1.82) is 0 Å². The highest BCUT2D eigenvalue weighted by Crippen LogP contribution is 2.21. The van der Waals surface area contributed by atoms with Gasteiger partial charge >= 0.3 is 5.69 Å². The van der Waals surface area contributed by atoms with Crippen LogP contribution in [0, 0.1) is 0 Å². The molecule has 0 saturated heterocycles. The van der Waals surface area contributed by atoms with E-state index < -0.39 is 0 Å². The van der Waals surface area contributed by atoms with Gasteiger partial charge in [0.05, 0.1) is 24.9 Å². The number of rotatable bonds is 4. The van der Waals surface area contributed by atoms with Crippen LogP contribution in [0.25, 0.3) is 16.6 Å². The monoisotopic (exact) mass is 366 g/mol. The molecule has 130 valence electrons. The first-order valence-electron chi connectivity index (χ1n) is 7.99. The molecule has 0 bridgehead atoms. The zero-order chi connectivity index (χ0) is 18.1. The molecule has 0 aliphatic carbocycles. The minimum atomic E-state index is -0.251. The molecular weight excluding hydrogens is 352 g/mol. The van der Waals surface area contributed by atoms with Gasteiger partial charge in [-0.25, -0.2) is 9.78 Å². The Morgan fingerprint density at radius 1 is 1.12 bits per heavy atom. The van der Waals surface area contributed by atoms with Crippen molar-refractivity contribution in [3.8, 4) is 11.4 Å². The molecule has 0 N–H and O–H groups in total. The molecule has 0 amide bonds. The topological polar surface area (TPSA) is 61.9 Å². The average Bonchev–Trinajstić information content (AvgIpc) is 3.03. The van der Waals surface area contributed by atoms with Crippen molar-refractivity contribution in [2.24, 2.45) is 0 Å². The molecule has 4 aromatic rings. The van der Waals surface area contributed by atoms with Crippen LogP contribution in [0.5, 0.6) is 5.75 Å². The Morgan fingerprint density at radius 3 is 2.65 bits per heavy atom. The second kappa shape index (κ2) is 6.65. The summed E-state index contributed by atoms with van der Waals surface area (Å²) >= 11 is 6.30. The van der Waals surface area contributed by atoms with Crippen LogP contribution in [0.2, 0.25) is 5.15 Å². The van der Waals surface area contributed by atoms with E-state index in [1.165, 1.54) is 15.6 Å². The third kappa shape index (κ3) is 2.95. The van der Waals surface area contributed by atoms with Crippen molar-refractivity contribution in [2.45, 2.75) is 6.54 Å². The van der Waals surface area contributed by atoms with Gasteiger partial charge in [-0.05, 0) is 36.4 Å². The normalized spacial score (nSPS) is 11.0. The quantitative estimate of drug-likeness (QED) is 0.520. The Labute approximate surface area is 154 Å². The molecule has 4 rings (SSSR count). The highest BCUT2D eigenvalue weighted by Gasteiger charge is 2.11. The van der Waals surface area contributed by atoms with Crippen molar-refractivity contribution in [1.82, 2.24) is 19.3 Å². The fraction of sp³-hybridized carbons (Fsp3) is 0.105. The smallest absolute Gasteiger partial charge is 0.350 e. The number of nitrogens with zero attached hydrogens (tertiary/aromatic N) is 4. The molecule has 6 nitrogen and oxygen atoms in total. The van der Waals surface area contributed by atoms with Crippen molar-refractivity contribution in [2.75, 3.05) is 7.11 Å². The van der Waals surface area contributed by atoms with Gasteiger partial charge in [0.25, 0.3) is 0 Å². The van der Waals surface area contributed by atoms with Crippen LogP contribution in [0.1, 0.15) is 5.56 Å². The molecule has 2 heterocycles. The van der Waals surface area contributed by atoms with E-state index in [0.29, 0.717) is 17.4 Å². The fourth-order valence-corrected chi connectivity index (χ4v) is 2.98. The van der Waals surface area contributed by atoms with Gasteiger partial charge in [-0.15, -0.1) is 0 Å². The lowest BCUT2D eigenvalue weighted by atomic mass is 10.1. The van der Waals surface area contributed by atoms with Crippen LogP contribution in [-0.2, 0) is 6.54 Å². The van der Waals surface area contributed by atoms with Crippen molar-refractivity contribution in [3.63, 3.8) is 0 Å². The summed E-state index contributed by atoms with van der Waals surface area (Å²) in [5, 5.41) is 5.55. The summed E-state index contributed by atoms with van der Waals surface area (Å²) in [6.07, 6.45) is 1.50. The Morgan fingerprint density at radius 2 is 1.88 bits per heavy atom. The van der Waals surface area contributed by atoms with Gasteiger partial charge < -0.3 is 4.74 Å². The molecule has 2 aromatic heterocycles. The second-order valence-electron chi connectivity index (χ2n) is 5.78. The Kier molecular flexibility index (Phi) is 4.18. The first-order chi connectivity index (χ1) is 12.7. The number of methoxy groups -OCH3 is 1. The number of halogens is 1. The molecule has 0 aliphatic rings. The highest BCUT2D eigenvalue weighted by atomic mass is 35.5. The van der Waals surface area contributed by atoms with Crippen molar-refractivity contribution >= 4 is 22.5 Å². The van der Waals surface area contributed by atoms with E-state index in [9.17, 15) is 4.79 Å². The van der Waals surface area contributed by atoms with Gasteiger partial charge in [-0.1, -0.05) is 29.8 Å². The maximum Gasteiger partial charge on any atom is 0.350 e. The van der Waals surface area contributed by atoms with E-state index >= 15 is 0 Å². The van der Waals surface area contributed by atoms with E-state index in [4.69, 9.17) is 16.3 Å². The van der Waals surface area contributed by atoms with E-state index in [-0.39, 0.29) is 5.69 Å². The Hall–Kier alpha value is -3.12. The number of hydrogen-bond acceptors (Lipinski definition) is 4. The Bertz CT molecular complexity index is 1130. The summed E-state index contributed by atoms with van der Waals surface area (Å²) in [5.74, 6) is 0.718. The predicted molar refractivity (Wildman–Crippen MR) is 100 cm³/mol. The first kappa shape index (κ1) is 16.4. The number of benzene rings is 2. The number of pyridine rings is 1. The van der Waals surface area contributed by atoms with Crippen LogP contribution in [0.4, 0.5) is 0 Å². The molecule has 0 aliphatic heterocycles. The molecule has 2 aromatic carbocycles. The Balaban J connectivity index is 1.68. The minimum absolute atomic E-state index is 0.251. The largest absolute Gasteiger partial charge is 0.497 e. The van der Waals surface area contributed by atoms with Crippen LogP contribution >= 0.6 is 11.6 Å². The molecule has 0 atom stereocenters. The zero-order valence-electron chi connectivity index (χ0n) is 14.0. The maximum atomic E-state index is 12.7. The molecule has 7 heteroatoms. The van der Waals surface area contributed by atoms with E-state index in [1.54, 1.807) is 31.4 Å². The highest BCUT2D eigenvalue weighted by molar-refractivity contribution is 6.30. The third-order valence-corrected chi connectivity index (χ3v) is 4.47. The van der Waals surface area contributed by atoms with Crippen molar-refractivity contribution < 1.29 is 4.74 Å². The lowest BCUT2D eigenvalue weighted by Crippen LogP contribution is -2.24. The maximum absolute atomic E-state index is 12.7. The number of hydrogen-bond donors (Lipinski definition) is 0. The summed E-state index contributed by atoms with van der Waals surface area (Å²) in [7, 11) is 1.59. The number of para-hydroxylation sites is 1. The van der Waals surface area contributed by atoms with E-state index in [2.05, 4.69) is 10.1 Å². The lowest BCUT2D eigenvalue weighted by molar-refractivity contribution is 0.414. The molecule has 0 fully saturated rings. The van der Waals surface area contributed by atoms with Gasteiger partial charge in [0.15, 0.2) is 0 Å². The molecular formula is C19H15ClN4O2. The van der Waals surface area contributed by atoms with Gasteiger partial charge in [-0.3, -0.25) is 4.57 Å². The number of fused-ring (bicyclic) bond motifs is 1. The number of ether oxygens (including phenoxy) is 1. The summed E-state index contributed by atoms with van der Waals surface area (Å²) < 4.78 is 7.97. The summed E-state index contributed by atoms with van der Waals surface area (Å²) in [5.41, 5.74) is 2.00. The van der Waals surface area contributed by atoms with Gasteiger partial charge in [0.2, 0.25) is 0 Å². The van der Waals surface area contributed by atoms with Crippen LogP contribution in [0.15, 0.2) is 65.7 Å². The molecule has 0 unspecified atom stereocenters. The van der Waals surface area contributed by atoms with Crippen LogP contribution in [0.3, 0.4) is 0 Å². The standard InChI is InChI=1S/C19H15ClN4O2/c1-26-16-8-6-15(7-9-16)24-19(25)23(12-21-24)11-14-10-13-4-2-3-5-17(13)22-18(14)20/h2-10,12H,11H2,1H3. The van der Waals surface area contributed by atoms with Gasteiger partial charge in [0, 0.05) is 10.9 Å². The first-order valence-corrected chi connectivity index (χ1v) is 8.36. The van der Waals surface area contributed by atoms with Crippen LogP contribution in [-0.4, -0.2) is 26.4 Å².